The van der Waals surface area contributed by atoms with Crippen molar-refractivity contribution in [2.45, 2.75) is 26.8 Å². The van der Waals surface area contributed by atoms with E-state index in [0.29, 0.717) is 0 Å². The first-order chi connectivity index (χ1) is 5.57. The maximum absolute atomic E-state index is 2.62. The molecular formula is C10H23NS. The normalized spacial score (nSPS) is 27.4. The van der Waals surface area contributed by atoms with Crippen LogP contribution in [0.3, 0.4) is 0 Å². The van der Waals surface area contributed by atoms with E-state index in [4.69, 9.17) is 0 Å². The Bertz CT molecular complexity index is 137. The van der Waals surface area contributed by atoms with Crippen LogP contribution in [0.2, 0.25) is 0 Å². The summed E-state index contributed by atoms with van der Waals surface area (Å²) in [5, 5.41) is 0. The molecule has 0 N–H and O–H groups in total. The van der Waals surface area contributed by atoms with Gasteiger partial charge in [0.15, 0.2) is 0 Å². The highest BCUT2D eigenvalue weighted by atomic mass is 32.3. The zero-order valence-electron chi connectivity index (χ0n) is 8.97. The molecule has 74 valence electrons. The molecule has 0 saturated carbocycles. The standard InChI is InChI=1S/C10H23NS/c1-5-12(4)8-6-11(7-9-12)10(2)3/h10H,5-9H2,1-4H3. The van der Waals surface area contributed by atoms with Gasteiger partial charge >= 0.3 is 0 Å². The summed E-state index contributed by atoms with van der Waals surface area (Å²) in [6.45, 7) is 9.67. The number of nitrogens with zero attached hydrogens (tertiary/aromatic N) is 1. The maximum Gasteiger partial charge on any atom is 0.00607 e. The van der Waals surface area contributed by atoms with Crippen molar-refractivity contribution in [1.82, 2.24) is 4.90 Å². The number of rotatable bonds is 2. The average Bonchev–Trinajstić information content (AvgIpc) is 2.05. The minimum Gasteiger partial charge on any atom is -0.299 e. The third kappa shape index (κ3) is 2.40. The lowest BCUT2D eigenvalue weighted by atomic mass is 10.3. The van der Waals surface area contributed by atoms with Crippen LogP contribution in [0.1, 0.15) is 20.8 Å². The van der Waals surface area contributed by atoms with Gasteiger partial charge in [0, 0.05) is 19.1 Å². The highest BCUT2D eigenvalue weighted by molar-refractivity contribution is 8.33. The van der Waals surface area contributed by atoms with Crippen LogP contribution < -0.4 is 0 Å². The van der Waals surface area contributed by atoms with Gasteiger partial charge in [-0.05, 0) is 37.4 Å². The molecule has 0 atom stereocenters. The van der Waals surface area contributed by atoms with Crippen molar-refractivity contribution < 1.29 is 0 Å². The Morgan fingerprint density at radius 1 is 1.25 bits per heavy atom. The second-order valence-electron chi connectivity index (χ2n) is 4.31. The van der Waals surface area contributed by atoms with Crippen molar-refractivity contribution in [3.8, 4) is 0 Å². The molecule has 1 fully saturated rings. The fraction of sp³-hybridized carbons (Fsp3) is 1.00. The van der Waals surface area contributed by atoms with Crippen LogP contribution in [0.4, 0.5) is 0 Å². The van der Waals surface area contributed by atoms with E-state index in [1.807, 2.05) is 0 Å². The van der Waals surface area contributed by atoms with Crippen LogP contribution in [0.5, 0.6) is 0 Å². The van der Waals surface area contributed by atoms with E-state index in [1.54, 1.807) is 0 Å². The minimum atomic E-state index is -0.186. The molecule has 0 aromatic carbocycles. The summed E-state index contributed by atoms with van der Waals surface area (Å²) in [5.41, 5.74) is 0. The first-order valence-electron chi connectivity index (χ1n) is 5.03. The van der Waals surface area contributed by atoms with Gasteiger partial charge in [0.25, 0.3) is 0 Å². The van der Waals surface area contributed by atoms with E-state index in [-0.39, 0.29) is 10.0 Å². The van der Waals surface area contributed by atoms with Gasteiger partial charge in [-0.15, -0.1) is 0 Å². The molecule has 0 bridgehead atoms. The van der Waals surface area contributed by atoms with Crippen molar-refractivity contribution in [3.63, 3.8) is 0 Å². The summed E-state index contributed by atoms with van der Waals surface area (Å²) in [7, 11) is -0.186. The summed E-state index contributed by atoms with van der Waals surface area (Å²) < 4.78 is 0. The smallest absolute Gasteiger partial charge is 0.00607 e. The van der Waals surface area contributed by atoms with Crippen LogP contribution in [0.25, 0.3) is 0 Å². The van der Waals surface area contributed by atoms with Crippen LogP contribution in [0, 0.1) is 0 Å². The molecule has 1 nitrogen and oxygen atoms in total. The van der Waals surface area contributed by atoms with Crippen molar-refractivity contribution in [2.75, 3.05) is 36.6 Å². The molecule has 0 amide bonds. The fourth-order valence-electron chi connectivity index (χ4n) is 1.69. The van der Waals surface area contributed by atoms with Gasteiger partial charge in [-0.1, -0.05) is 6.92 Å². The monoisotopic (exact) mass is 189 g/mol. The zero-order chi connectivity index (χ0) is 9.19. The summed E-state index contributed by atoms with van der Waals surface area (Å²) in [6.07, 6.45) is 2.52. The first kappa shape index (κ1) is 10.4. The molecule has 12 heavy (non-hydrogen) atoms. The first-order valence-corrected chi connectivity index (χ1v) is 7.58. The molecule has 0 aliphatic carbocycles. The SMILES string of the molecule is CCS1(C)CCN(C(C)C)CC1. The third-order valence-electron chi connectivity index (χ3n) is 3.17. The van der Waals surface area contributed by atoms with Crippen LogP contribution >= 0.6 is 10.0 Å². The molecule has 1 rings (SSSR count). The van der Waals surface area contributed by atoms with Gasteiger partial charge in [-0.2, -0.15) is 0 Å². The van der Waals surface area contributed by atoms with Gasteiger partial charge in [0.05, 0.1) is 0 Å². The van der Waals surface area contributed by atoms with Gasteiger partial charge in [0.1, 0.15) is 0 Å². The van der Waals surface area contributed by atoms with E-state index in [1.165, 1.54) is 30.3 Å². The quantitative estimate of drug-likeness (QED) is 0.643. The fourth-order valence-corrected chi connectivity index (χ4v) is 3.83. The van der Waals surface area contributed by atoms with Crippen molar-refractivity contribution in [1.29, 1.82) is 0 Å². The summed E-state index contributed by atoms with van der Waals surface area (Å²) in [4.78, 5) is 2.62. The lowest BCUT2D eigenvalue weighted by Gasteiger charge is -2.44. The van der Waals surface area contributed by atoms with Gasteiger partial charge < -0.3 is 0 Å². The van der Waals surface area contributed by atoms with E-state index >= 15 is 0 Å². The Balaban J connectivity index is 2.39. The summed E-state index contributed by atoms with van der Waals surface area (Å²) in [6, 6.07) is 0.755. The summed E-state index contributed by atoms with van der Waals surface area (Å²) >= 11 is 0. The predicted octanol–water partition coefficient (Wildman–Crippen LogP) is 2.16. The Morgan fingerprint density at radius 2 is 1.75 bits per heavy atom. The van der Waals surface area contributed by atoms with Gasteiger partial charge in [-0.3, -0.25) is 4.90 Å². The largest absolute Gasteiger partial charge is 0.299 e. The Hall–Kier alpha value is 0.310. The average molecular weight is 189 g/mol. The number of hydrogen-bond acceptors (Lipinski definition) is 1. The summed E-state index contributed by atoms with van der Waals surface area (Å²) in [5.74, 6) is 4.38. The van der Waals surface area contributed by atoms with Crippen molar-refractivity contribution >= 4 is 10.0 Å². The van der Waals surface area contributed by atoms with E-state index in [0.717, 1.165) is 6.04 Å². The van der Waals surface area contributed by atoms with Crippen LogP contribution in [-0.2, 0) is 0 Å². The highest BCUT2D eigenvalue weighted by Crippen LogP contribution is 2.45. The molecule has 1 aliphatic heterocycles. The van der Waals surface area contributed by atoms with E-state index in [9.17, 15) is 0 Å². The molecule has 0 radical (unpaired) electrons. The number of hydrogen-bond donors (Lipinski definition) is 0. The van der Waals surface area contributed by atoms with Crippen LogP contribution in [-0.4, -0.2) is 47.5 Å². The molecule has 1 heterocycles. The lowest BCUT2D eigenvalue weighted by Crippen LogP contribution is -2.42. The maximum atomic E-state index is 2.62. The topological polar surface area (TPSA) is 3.24 Å². The highest BCUT2D eigenvalue weighted by Gasteiger charge is 2.24. The Morgan fingerprint density at radius 3 is 2.08 bits per heavy atom. The molecule has 0 spiro atoms. The molecule has 2 heteroatoms. The predicted molar refractivity (Wildman–Crippen MR) is 60.5 cm³/mol. The van der Waals surface area contributed by atoms with Crippen molar-refractivity contribution in [3.05, 3.63) is 0 Å². The molecule has 0 unspecified atom stereocenters. The van der Waals surface area contributed by atoms with E-state index < -0.39 is 0 Å². The molecule has 0 aromatic rings. The molecular weight excluding hydrogens is 166 g/mol. The second kappa shape index (κ2) is 4.01. The Labute approximate surface area is 78.8 Å². The molecule has 1 aliphatic rings. The Kier molecular flexibility index (Phi) is 3.47. The third-order valence-corrected chi connectivity index (χ3v) is 6.90. The minimum absolute atomic E-state index is 0.186. The molecule has 0 aromatic heterocycles. The van der Waals surface area contributed by atoms with Crippen molar-refractivity contribution in [2.24, 2.45) is 0 Å². The second-order valence-corrected chi connectivity index (χ2v) is 8.66. The lowest BCUT2D eigenvalue weighted by molar-refractivity contribution is 0.244. The zero-order valence-corrected chi connectivity index (χ0v) is 9.78. The van der Waals surface area contributed by atoms with Crippen LogP contribution in [0.15, 0.2) is 0 Å². The van der Waals surface area contributed by atoms with E-state index in [2.05, 4.69) is 31.9 Å². The van der Waals surface area contributed by atoms with Gasteiger partial charge in [0.2, 0.25) is 0 Å². The van der Waals surface area contributed by atoms with Gasteiger partial charge in [-0.25, -0.2) is 10.0 Å². The molecule has 1 saturated heterocycles.